The van der Waals surface area contributed by atoms with E-state index in [0.717, 1.165) is 0 Å². The van der Waals surface area contributed by atoms with Crippen LogP contribution in [0, 0.1) is 0 Å². The second-order valence-corrected chi connectivity index (χ2v) is 2.62. The van der Waals surface area contributed by atoms with Gasteiger partial charge in [0.2, 0.25) is 5.91 Å². The molecule has 0 radical (unpaired) electrons. The van der Waals surface area contributed by atoms with E-state index in [9.17, 15) is 14.4 Å². The first kappa shape index (κ1) is 15.4. The number of nitrogens with two attached hydrogens (primary N) is 1. The van der Waals surface area contributed by atoms with E-state index in [-0.39, 0.29) is 5.57 Å². The van der Waals surface area contributed by atoms with Crippen LogP contribution < -0.4 is 5.73 Å². The number of aliphatic carboxylic acids is 2. The molecule has 1 amide bonds. The topological polar surface area (TPSA) is 118 Å². The number of hydrogen-bond acceptors (Lipinski definition) is 3. The minimum atomic E-state index is -1.27. The third-order valence-corrected chi connectivity index (χ3v) is 1.09. The highest BCUT2D eigenvalue weighted by Gasteiger charge is 2.07. The zero-order valence-corrected chi connectivity index (χ0v) is 8.32. The summed E-state index contributed by atoms with van der Waals surface area (Å²) in [6.45, 7) is 7.87. The molecule has 0 aliphatic heterocycles. The van der Waals surface area contributed by atoms with Crippen LogP contribution in [0.4, 0.5) is 0 Å². The lowest BCUT2D eigenvalue weighted by molar-refractivity contribution is -0.139. The second kappa shape index (κ2) is 7.31. The van der Waals surface area contributed by atoms with Crippen molar-refractivity contribution in [2.75, 3.05) is 0 Å². The highest BCUT2D eigenvalue weighted by atomic mass is 16.4. The van der Waals surface area contributed by atoms with Crippen molar-refractivity contribution in [3.63, 3.8) is 0 Å². The molecule has 0 rings (SSSR count). The molecule has 84 valence electrons. The Bertz CT molecular complexity index is 294. The molecule has 0 aromatic carbocycles. The average Bonchev–Trinajstić information content (AvgIpc) is 2.03. The van der Waals surface area contributed by atoms with E-state index >= 15 is 0 Å². The summed E-state index contributed by atoms with van der Waals surface area (Å²) in [7, 11) is 0. The lowest BCUT2D eigenvalue weighted by Crippen LogP contribution is -2.10. The van der Waals surface area contributed by atoms with Crippen LogP contribution in [0.3, 0.4) is 0 Å². The molecular weight excluding hydrogens is 202 g/mol. The maximum Gasteiger partial charge on any atom is 0.331 e. The maximum atomic E-state index is 9.87. The standard InChI is InChI=1S/C5H6O4.C4H7NO/c1-3(5(8)9)2-4(6)7;1-3(2)4(5)6/h1-2H2,(H,6,7)(H,8,9);1H2,2H3,(H2,5,6). The van der Waals surface area contributed by atoms with Crippen LogP contribution >= 0.6 is 0 Å². The molecule has 0 saturated heterocycles. The number of primary amides is 1. The summed E-state index contributed by atoms with van der Waals surface area (Å²) in [4.78, 5) is 29.5. The number of carboxylic acid groups (broad SMARTS) is 2. The zero-order chi connectivity index (χ0) is 12.6. The van der Waals surface area contributed by atoms with Crippen LogP contribution in [-0.2, 0) is 14.4 Å². The predicted molar refractivity (Wildman–Crippen MR) is 53.0 cm³/mol. The van der Waals surface area contributed by atoms with Crippen molar-refractivity contribution < 1.29 is 24.6 Å². The lowest BCUT2D eigenvalue weighted by atomic mass is 10.2. The first-order valence-electron chi connectivity index (χ1n) is 3.76. The quantitative estimate of drug-likeness (QED) is 0.577. The molecule has 0 atom stereocenters. The van der Waals surface area contributed by atoms with Gasteiger partial charge < -0.3 is 15.9 Å². The van der Waals surface area contributed by atoms with Crippen LogP contribution in [0.5, 0.6) is 0 Å². The molecule has 4 N–H and O–H groups in total. The third kappa shape index (κ3) is 11.9. The van der Waals surface area contributed by atoms with Crippen molar-refractivity contribution in [2.24, 2.45) is 5.73 Å². The van der Waals surface area contributed by atoms with Crippen molar-refractivity contribution in [3.05, 3.63) is 24.3 Å². The van der Waals surface area contributed by atoms with E-state index in [1.807, 2.05) is 0 Å². The van der Waals surface area contributed by atoms with Gasteiger partial charge in [-0.1, -0.05) is 13.2 Å². The van der Waals surface area contributed by atoms with E-state index in [4.69, 9.17) is 15.9 Å². The lowest BCUT2D eigenvalue weighted by Gasteiger charge is -1.91. The smallest absolute Gasteiger partial charge is 0.331 e. The van der Waals surface area contributed by atoms with Crippen molar-refractivity contribution in [1.82, 2.24) is 0 Å². The van der Waals surface area contributed by atoms with Gasteiger partial charge >= 0.3 is 11.9 Å². The fourth-order valence-corrected chi connectivity index (χ4v) is 0.258. The molecule has 0 saturated carbocycles. The van der Waals surface area contributed by atoms with Gasteiger partial charge in [0, 0.05) is 11.1 Å². The molecule has 0 aromatic heterocycles. The molecule has 0 fully saturated rings. The molecule has 6 heteroatoms. The highest BCUT2D eigenvalue weighted by molar-refractivity contribution is 5.91. The van der Waals surface area contributed by atoms with E-state index < -0.39 is 24.3 Å². The van der Waals surface area contributed by atoms with E-state index in [1.165, 1.54) is 0 Å². The Morgan fingerprint density at radius 3 is 1.60 bits per heavy atom. The molecule has 0 aliphatic carbocycles. The molecule has 6 nitrogen and oxygen atoms in total. The molecule has 15 heavy (non-hydrogen) atoms. The first-order chi connectivity index (χ1) is 6.68. The Kier molecular flexibility index (Phi) is 7.49. The Morgan fingerprint density at radius 2 is 1.53 bits per heavy atom. The van der Waals surface area contributed by atoms with Gasteiger partial charge in [-0.15, -0.1) is 0 Å². The Morgan fingerprint density at radius 1 is 1.20 bits per heavy atom. The Labute approximate surface area is 86.7 Å². The molecule has 0 heterocycles. The van der Waals surface area contributed by atoms with Crippen LogP contribution in [0.2, 0.25) is 0 Å². The summed E-state index contributed by atoms with van der Waals surface area (Å²) in [6, 6.07) is 0. The molecule has 0 aliphatic rings. The zero-order valence-electron chi connectivity index (χ0n) is 8.32. The Hall–Kier alpha value is -2.11. The summed E-state index contributed by atoms with van der Waals surface area (Å²) in [6.07, 6.45) is -0.505. The predicted octanol–water partition coefficient (Wildman–Crippen LogP) is 0.150. The molecular formula is C9H13NO5. The summed E-state index contributed by atoms with van der Waals surface area (Å²) < 4.78 is 0. The minimum absolute atomic E-state index is 0.303. The maximum absolute atomic E-state index is 9.87. The van der Waals surface area contributed by atoms with Crippen LogP contribution in [-0.4, -0.2) is 28.1 Å². The second-order valence-electron chi connectivity index (χ2n) is 2.62. The van der Waals surface area contributed by atoms with E-state index in [2.05, 4.69) is 13.2 Å². The van der Waals surface area contributed by atoms with Gasteiger partial charge in [0.15, 0.2) is 0 Å². The van der Waals surface area contributed by atoms with Gasteiger partial charge in [0.25, 0.3) is 0 Å². The summed E-state index contributed by atoms with van der Waals surface area (Å²) in [5, 5.41) is 16.1. The van der Waals surface area contributed by atoms with Gasteiger partial charge in [0.05, 0.1) is 6.42 Å². The van der Waals surface area contributed by atoms with Crippen LogP contribution in [0.1, 0.15) is 13.3 Å². The van der Waals surface area contributed by atoms with Gasteiger partial charge in [-0.05, 0) is 6.92 Å². The number of carboxylic acids is 2. The number of amides is 1. The normalized spacial score (nSPS) is 8.07. The number of carbonyl (C=O) groups excluding carboxylic acids is 1. The largest absolute Gasteiger partial charge is 0.481 e. The van der Waals surface area contributed by atoms with Crippen molar-refractivity contribution in [3.8, 4) is 0 Å². The van der Waals surface area contributed by atoms with E-state index in [0.29, 0.717) is 5.57 Å². The van der Waals surface area contributed by atoms with Crippen molar-refractivity contribution >= 4 is 17.8 Å². The van der Waals surface area contributed by atoms with Crippen LogP contribution in [0.15, 0.2) is 24.3 Å². The van der Waals surface area contributed by atoms with E-state index in [1.54, 1.807) is 6.92 Å². The van der Waals surface area contributed by atoms with Gasteiger partial charge in [-0.25, -0.2) is 4.79 Å². The van der Waals surface area contributed by atoms with Crippen molar-refractivity contribution in [2.45, 2.75) is 13.3 Å². The third-order valence-electron chi connectivity index (χ3n) is 1.09. The first-order valence-corrected chi connectivity index (χ1v) is 3.76. The fraction of sp³-hybridized carbons (Fsp3) is 0.222. The van der Waals surface area contributed by atoms with Crippen molar-refractivity contribution in [1.29, 1.82) is 0 Å². The highest BCUT2D eigenvalue weighted by Crippen LogP contribution is 1.95. The number of carbonyl (C=O) groups is 3. The number of rotatable bonds is 4. The summed E-state index contributed by atoms with van der Waals surface area (Å²) in [5.74, 6) is -2.88. The molecule has 0 spiro atoms. The van der Waals surface area contributed by atoms with Crippen LogP contribution in [0.25, 0.3) is 0 Å². The SMILES string of the molecule is C=C(C)C(N)=O.C=C(CC(=O)O)C(=O)O. The fourth-order valence-electron chi connectivity index (χ4n) is 0.258. The van der Waals surface area contributed by atoms with Gasteiger partial charge in [-0.3, -0.25) is 9.59 Å². The monoisotopic (exact) mass is 215 g/mol. The molecule has 0 aromatic rings. The average molecular weight is 215 g/mol. The molecule has 0 bridgehead atoms. The van der Waals surface area contributed by atoms with Gasteiger partial charge in [-0.2, -0.15) is 0 Å². The summed E-state index contributed by atoms with van der Waals surface area (Å²) >= 11 is 0. The Balaban J connectivity index is 0. The number of hydrogen-bond donors (Lipinski definition) is 3. The molecule has 0 unspecified atom stereocenters. The van der Waals surface area contributed by atoms with Gasteiger partial charge in [0.1, 0.15) is 0 Å². The summed E-state index contributed by atoms with van der Waals surface area (Å²) in [5.41, 5.74) is 4.79. The minimum Gasteiger partial charge on any atom is -0.481 e.